The van der Waals surface area contributed by atoms with Crippen molar-refractivity contribution < 1.29 is 4.74 Å². The quantitative estimate of drug-likeness (QED) is 0.847. The summed E-state index contributed by atoms with van der Waals surface area (Å²) in [5.74, 6) is 0.860. The van der Waals surface area contributed by atoms with Gasteiger partial charge in [0.15, 0.2) is 0 Å². The second kappa shape index (κ2) is 6.95. The van der Waals surface area contributed by atoms with E-state index >= 15 is 0 Å². The molecule has 1 aliphatic rings. The van der Waals surface area contributed by atoms with Gasteiger partial charge in [-0.2, -0.15) is 0 Å². The summed E-state index contributed by atoms with van der Waals surface area (Å²) in [4.78, 5) is 6.80. The van der Waals surface area contributed by atoms with E-state index in [1.54, 1.807) is 0 Å². The topological polar surface area (TPSA) is 37.4 Å². The Morgan fingerprint density at radius 3 is 2.90 bits per heavy atom. The summed E-state index contributed by atoms with van der Waals surface area (Å²) in [5, 5.41) is 4.08. The molecule has 4 nitrogen and oxygen atoms in total. The highest BCUT2D eigenvalue weighted by Crippen LogP contribution is 2.30. The maximum absolute atomic E-state index is 6.44. The van der Waals surface area contributed by atoms with Gasteiger partial charge in [0.25, 0.3) is 0 Å². The largest absolute Gasteiger partial charge is 0.369 e. The van der Waals surface area contributed by atoms with Crippen molar-refractivity contribution in [2.24, 2.45) is 0 Å². The average molecular weight is 312 g/mol. The maximum atomic E-state index is 6.44. The Labute approximate surface area is 132 Å². The fraction of sp³-hybridized carbons (Fsp3) is 0.688. The minimum absolute atomic E-state index is 0.177. The van der Waals surface area contributed by atoms with Crippen LogP contribution in [0.25, 0.3) is 0 Å². The molecule has 0 aromatic carbocycles. The number of halogens is 1. The van der Waals surface area contributed by atoms with Crippen molar-refractivity contribution in [2.45, 2.75) is 52.4 Å². The van der Waals surface area contributed by atoms with E-state index in [-0.39, 0.29) is 11.7 Å². The van der Waals surface area contributed by atoms with Crippen LogP contribution in [-0.2, 0) is 11.3 Å². The highest BCUT2D eigenvalue weighted by atomic mass is 35.5. The molecule has 1 aromatic heterocycles. The molecule has 0 amide bonds. The van der Waals surface area contributed by atoms with Gasteiger partial charge in [0.1, 0.15) is 5.82 Å². The van der Waals surface area contributed by atoms with Gasteiger partial charge in [-0.15, -0.1) is 0 Å². The average Bonchev–Trinajstić information content (AvgIpc) is 2.36. The van der Waals surface area contributed by atoms with Crippen LogP contribution in [0.5, 0.6) is 0 Å². The summed E-state index contributed by atoms with van der Waals surface area (Å²) in [5.41, 5.74) is 0.946. The van der Waals surface area contributed by atoms with Crippen molar-refractivity contribution in [3.8, 4) is 0 Å². The summed E-state index contributed by atoms with van der Waals surface area (Å²) in [6.07, 6.45) is 3.22. The number of hydrogen-bond donors (Lipinski definition) is 1. The number of morpholine rings is 1. The number of anilines is 1. The van der Waals surface area contributed by atoms with Gasteiger partial charge >= 0.3 is 0 Å². The Balaban J connectivity index is 2.09. The number of rotatable bonds is 5. The van der Waals surface area contributed by atoms with E-state index < -0.39 is 0 Å². The first kappa shape index (κ1) is 16.5. The van der Waals surface area contributed by atoms with Crippen molar-refractivity contribution in [2.75, 3.05) is 24.5 Å². The minimum atomic E-state index is -0.177. The molecule has 2 heterocycles. The van der Waals surface area contributed by atoms with Crippen LogP contribution in [0.1, 0.15) is 39.7 Å². The lowest BCUT2D eigenvalue weighted by molar-refractivity contribution is -0.0751. The third-order valence-electron chi connectivity index (χ3n) is 3.50. The second-order valence-corrected chi connectivity index (χ2v) is 6.80. The normalized spacial score (nSPS) is 21.6. The fourth-order valence-electron chi connectivity index (χ4n) is 2.82. The van der Waals surface area contributed by atoms with Crippen LogP contribution in [0, 0.1) is 0 Å². The highest BCUT2D eigenvalue weighted by Gasteiger charge is 2.32. The van der Waals surface area contributed by atoms with E-state index in [1.165, 1.54) is 0 Å². The third kappa shape index (κ3) is 4.56. The van der Waals surface area contributed by atoms with Crippen LogP contribution in [0.2, 0.25) is 5.02 Å². The number of ether oxygens (including phenoxy) is 1. The molecule has 1 atom stereocenters. The predicted molar refractivity (Wildman–Crippen MR) is 88.1 cm³/mol. The molecule has 0 saturated carbocycles. The van der Waals surface area contributed by atoms with Crippen molar-refractivity contribution in [3.05, 3.63) is 22.8 Å². The summed E-state index contributed by atoms with van der Waals surface area (Å²) >= 11 is 6.44. The second-order valence-electron chi connectivity index (χ2n) is 6.39. The molecule has 5 heteroatoms. The Kier molecular flexibility index (Phi) is 5.47. The summed E-state index contributed by atoms with van der Waals surface area (Å²) in [6.45, 7) is 11.9. The first-order chi connectivity index (χ1) is 9.91. The van der Waals surface area contributed by atoms with E-state index in [0.717, 1.165) is 49.0 Å². The maximum Gasteiger partial charge on any atom is 0.147 e. The Morgan fingerprint density at radius 2 is 2.29 bits per heavy atom. The molecule has 21 heavy (non-hydrogen) atoms. The van der Waals surface area contributed by atoms with E-state index in [9.17, 15) is 0 Å². The standard InChI is InChI=1S/C16H26ClN3O/c1-5-6-18-8-13-7-14(17)15(19-9-13)20-10-12(2)21-16(3,4)11-20/h7,9,12,18H,5-6,8,10-11H2,1-4H3. The van der Waals surface area contributed by atoms with Gasteiger partial charge in [-0.25, -0.2) is 4.98 Å². The van der Waals surface area contributed by atoms with E-state index in [0.29, 0.717) is 0 Å². The molecule has 1 unspecified atom stereocenters. The van der Waals surface area contributed by atoms with Gasteiger partial charge < -0.3 is 15.0 Å². The van der Waals surface area contributed by atoms with Crippen molar-refractivity contribution in [1.29, 1.82) is 0 Å². The van der Waals surface area contributed by atoms with Gasteiger partial charge in [-0.3, -0.25) is 0 Å². The number of nitrogens with one attached hydrogen (secondary N) is 1. The molecule has 118 valence electrons. The molecular weight excluding hydrogens is 286 g/mol. The van der Waals surface area contributed by atoms with Gasteiger partial charge in [0.05, 0.1) is 16.7 Å². The van der Waals surface area contributed by atoms with Gasteiger partial charge in [-0.05, 0) is 45.4 Å². The number of pyridine rings is 1. The van der Waals surface area contributed by atoms with E-state index in [4.69, 9.17) is 16.3 Å². The van der Waals surface area contributed by atoms with Crippen molar-refractivity contribution >= 4 is 17.4 Å². The van der Waals surface area contributed by atoms with Gasteiger partial charge in [-0.1, -0.05) is 18.5 Å². The predicted octanol–water partition coefficient (Wildman–Crippen LogP) is 3.24. The molecule has 0 radical (unpaired) electrons. The molecule has 0 aliphatic carbocycles. The van der Waals surface area contributed by atoms with Gasteiger partial charge in [0, 0.05) is 25.8 Å². The first-order valence-corrected chi connectivity index (χ1v) is 8.07. The monoisotopic (exact) mass is 311 g/mol. The van der Waals surface area contributed by atoms with Crippen LogP contribution in [0.15, 0.2) is 12.3 Å². The van der Waals surface area contributed by atoms with Crippen LogP contribution < -0.4 is 10.2 Å². The number of hydrogen-bond acceptors (Lipinski definition) is 4. The zero-order valence-corrected chi connectivity index (χ0v) is 14.2. The molecule has 1 aromatic rings. The third-order valence-corrected chi connectivity index (χ3v) is 3.78. The molecule has 1 N–H and O–H groups in total. The SMILES string of the molecule is CCCNCc1cnc(N2CC(C)OC(C)(C)C2)c(Cl)c1. The van der Waals surface area contributed by atoms with Crippen molar-refractivity contribution in [1.82, 2.24) is 10.3 Å². The zero-order chi connectivity index (χ0) is 15.5. The summed E-state index contributed by atoms with van der Waals surface area (Å²) in [7, 11) is 0. The number of aromatic nitrogens is 1. The lowest BCUT2D eigenvalue weighted by Crippen LogP contribution is -2.52. The molecule has 1 fully saturated rings. The van der Waals surface area contributed by atoms with Crippen LogP contribution in [-0.4, -0.2) is 36.3 Å². The smallest absolute Gasteiger partial charge is 0.147 e. The Hall–Kier alpha value is -0.840. The molecule has 0 spiro atoms. The fourth-order valence-corrected chi connectivity index (χ4v) is 3.13. The van der Waals surface area contributed by atoms with Crippen molar-refractivity contribution in [3.63, 3.8) is 0 Å². The van der Waals surface area contributed by atoms with Gasteiger partial charge in [0.2, 0.25) is 0 Å². The first-order valence-electron chi connectivity index (χ1n) is 7.69. The lowest BCUT2D eigenvalue weighted by Gasteiger charge is -2.42. The molecule has 2 rings (SSSR count). The summed E-state index contributed by atoms with van der Waals surface area (Å²) < 4.78 is 5.93. The Bertz CT molecular complexity index is 479. The number of nitrogens with zero attached hydrogens (tertiary/aromatic N) is 2. The Morgan fingerprint density at radius 1 is 1.52 bits per heavy atom. The molecule has 1 saturated heterocycles. The van der Waals surface area contributed by atoms with Crippen LogP contribution in [0.4, 0.5) is 5.82 Å². The van der Waals surface area contributed by atoms with E-state index in [1.807, 2.05) is 12.3 Å². The summed E-state index contributed by atoms with van der Waals surface area (Å²) in [6, 6.07) is 2.01. The minimum Gasteiger partial charge on any atom is -0.369 e. The van der Waals surface area contributed by atoms with Crippen LogP contribution in [0.3, 0.4) is 0 Å². The zero-order valence-electron chi connectivity index (χ0n) is 13.4. The molecular formula is C16H26ClN3O. The van der Waals surface area contributed by atoms with Crippen LogP contribution >= 0.6 is 11.6 Å². The lowest BCUT2D eigenvalue weighted by atomic mass is 10.1. The molecule has 1 aliphatic heterocycles. The highest BCUT2D eigenvalue weighted by molar-refractivity contribution is 6.33. The van der Waals surface area contributed by atoms with E-state index in [2.05, 4.69) is 42.9 Å². The molecule has 0 bridgehead atoms.